The molecule has 1 heterocycles. The molecule has 2 atom stereocenters. The van der Waals surface area contributed by atoms with Gasteiger partial charge in [-0.2, -0.15) is 0 Å². The summed E-state index contributed by atoms with van der Waals surface area (Å²) in [5.41, 5.74) is 2.39. The van der Waals surface area contributed by atoms with Crippen molar-refractivity contribution >= 4 is 16.9 Å². The van der Waals surface area contributed by atoms with Gasteiger partial charge in [0.2, 0.25) is 0 Å². The molecular weight excluding hydrogens is 480 g/mol. The summed E-state index contributed by atoms with van der Waals surface area (Å²) < 4.78 is 23.4. The third-order valence-electron chi connectivity index (χ3n) is 7.56. The van der Waals surface area contributed by atoms with Crippen LogP contribution in [0.5, 0.6) is 11.5 Å². The predicted molar refractivity (Wildman–Crippen MR) is 150 cm³/mol. The fourth-order valence-corrected chi connectivity index (χ4v) is 5.12. The van der Waals surface area contributed by atoms with Gasteiger partial charge in [0.25, 0.3) is 0 Å². The molecule has 0 radical (unpaired) electrons. The zero-order valence-electron chi connectivity index (χ0n) is 23.1. The summed E-state index contributed by atoms with van der Waals surface area (Å²) in [5, 5.41) is 0.792. The normalized spacial score (nSPS) is 18.3. The second kappa shape index (κ2) is 11.5. The first kappa shape index (κ1) is 27.5. The van der Waals surface area contributed by atoms with Gasteiger partial charge in [-0.05, 0) is 62.4 Å². The molecule has 2 aromatic carbocycles. The Kier molecular flexibility index (Phi) is 8.29. The third kappa shape index (κ3) is 5.79. The van der Waals surface area contributed by atoms with Crippen LogP contribution in [-0.2, 0) is 16.0 Å². The lowest BCUT2D eigenvalue weighted by molar-refractivity contribution is -0.150. The van der Waals surface area contributed by atoms with E-state index in [1.54, 1.807) is 20.1 Å². The highest BCUT2D eigenvalue weighted by Gasteiger charge is 2.47. The first-order valence-electron chi connectivity index (χ1n) is 13.4. The first-order valence-corrected chi connectivity index (χ1v) is 13.4. The number of fused-ring (bicyclic) bond motifs is 1. The van der Waals surface area contributed by atoms with Gasteiger partial charge in [-0.25, -0.2) is 9.59 Å². The monoisotopic (exact) mass is 518 g/mol. The van der Waals surface area contributed by atoms with Crippen molar-refractivity contribution < 1.29 is 23.4 Å². The Morgan fingerprint density at radius 2 is 1.82 bits per heavy atom. The molecule has 1 aromatic heterocycles. The lowest BCUT2D eigenvalue weighted by Crippen LogP contribution is -2.38. The molecule has 202 valence electrons. The average molecular weight is 519 g/mol. The molecule has 1 fully saturated rings. The molecule has 0 saturated heterocycles. The zero-order chi connectivity index (χ0) is 27.4. The number of aryl methyl sites for hydroxylation is 1. The van der Waals surface area contributed by atoms with E-state index in [1.165, 1.54) is 18.4 Å². The van der Waals surface area contributed by atoms with Crippen molar-refractivity contribution in [3.05, 3.63) is 70.6 Å². The Labute approximate surface area is 224 Å². The zero-order valence-corrected chi connectivity index (χ0v) is 23.1. The molecule has 0 bridgehead atoms. The molecule has 0 spiro atoms. The van der Waals surface area contributed by atoms with Gasteiger partial charge in [0.15, 0.2) is 0 Å². The van der Waals surface area contributed by atoms with Crippen molar-refractivity contribution in [1.29, 1.82) is 0 Å². The molecule has 4 rings (SSSR count). The van der Waals surface area contributed by atoms with Gasteiger partial charge in [-0.3, -0.25) is 0 Å². The summed E-state index contributed by atoms with van der Waals surface area (Å²) in [4.78, 5) is 25.1. The van der Waals surface area contributed by atoms with Crippen molar-refractivity contribution in [1.82, 2.24) is 0 Å². The lowest BCUT2D eigenvalue weighted by Gasteiger charge is -2.32. The van der Waals surface area contributed by atoms with Crippen molar-refractivity contribution in [3.63, 3.8) is 0 Å². The average Bonchev–Trinajstić information content (AvgIpc) is 3.16. The number of carbonyl (C=O) groups is 1. The smallest absolute Gasteiger partial charge is 0.344 e. The molecule has 1 aliphatic rings. The standard InChI is InChI=1S/C32H38O6/c1-7-8-9-10-21-11-14-24(27(17-21)35-6)25-18-22-12-13-23(19-26(22)37-31(25)34)36-28-15-16-29(32(28,4)5)38-30(33)20(2)3/h11-14,17-19,28-29H,2,7-10,15-16H2,1,3-6H3. The minimum Gasteiger partial charge on any atom is -0.496 e. The summed E-state index contributed by atoms with van der Waals surface area (Å²) in [5.74, 6) is 0.887. The Hall–Kier alpha value is -3.54. The van der Waals surface area contributed by atoms with E-state index < -0.39 is 5.63 Å². The van der Waals surface area contributed by atoms with Gasteiger partial charge in [0.1, 0.15) is 29.3 Å². The van der Waals surface area contributed by atoms with Crippen LogP contribution in [0.4, 0.5) is 0 Å². The number of carbonyl (C=O) groups excluding carboxylic acids is 1. The number of rotatable bonds is 10. The van der Waals surface area contributed by atoms with Crippen LogP contribution in [0.3, 0.4) is 0 Å². The van der Waals surface area contributed by atoms with Crippen LogP contribution in [0.1, 0.15) is 65.4 Å². The number of esters is 1. The quantitative estimate of drug-likeness (QED) is 0.122. The highest BCUT2D eigenvalue weighted by atomic mass is 16.6. The SMILES string of the molecule is C=C(C)C(=O)OC1CCC(Oc2ccc3cc(-c4ccc(CCCCC)cc4OC)c(=O)oc3c2)C1(C)C. The van der Waals surface area contributed by atoms with E-state index in [0.717, 1.165) is 24.6 Å². The summed E-state index contributed by atoms with van der Waals surface area (Å²) in [6, 6.07) is 13.4. The maximum absolute atomic E-state index is 13.0. The second-order valence-electron chi connectivity index (χ2n) is 10.8. The Bertz CT molecular complexity index is 1380. The second-order valence-corrected chi connectivity index (χ2v) is 10.8. The maximum Gasteiger partial charge on any atom is 0.344 e. The fourth-order valence-electron chi connectivity index (χ4n) is 5.12. The van der Waals surface area contributed by atoms with Crippen molar-refractivity contribution in [2.45, 2.75) is 78.4 Å². The van der Waals surface area contributed by atoms with Crippen LogP contribution < -0.4 is 15.1 Å². The lowest BCUT2D eigenvalue weighted by atomic mass is 9.86. The predicted octanol–water partition coefficient (Wildman–Crippen LogP) is 7.26. The Balaban J connectivity index is 1.55. The molecule has 3 aromatic rings. The van der Waals surface area contributed by atoms with Gasteiger partial charge in [-0.1, -0.05) is 52.3 Å². The molecule has 0 aliphatic heterocycles. The van der Waals surface area contributed by atoms with Gasteiger partial charge >= 0.3 is 11.6 Å². The van der Waals surface area contributed by atoms with Crippen LogP contribution >= 0.6 is 0 Å². The van der Waals surface area contributed by atoms with E-state index in [4.69, 9.17) is 18.6 Å². The van der Waals surface area contributed by atoms with E-state index in [2.05, 4.69) is 19.6 Å². The van der Waals surface area contributed by atoms with E-state index in [0.29, 0.717) is 40.2 Å². The molecular formula is C32H38O6. The summed E-state index contributed by atoms with van der Waals surface area (Å²) >= 11 is 0. The number of benzene rings is 2. The fraction of sp³-hybridized carbons (Fsp3) is 0.438. The van der Waals surface area contributed by atoms with Crippen LogP contribution in [0, 0.1) is 5.41 Å². The van der Waals surface area contributed by atoms with E-state index in [-0.39, 0.29) is 23.6 Å². The van der Waals surface area contributed by atoms with Crippen LogP contribution in [0.15, 0.2) is 63.8 Å². The number of unbranched alkanes of at least 4 members (excludes halogenated alkanes) is 2. The van der Waals surface area contributed by atoms with Crippen molar-refractivity contribution in [2.75, 3.05) is 7.11 Å². The summed E-state index contributed by atoms with van der Waals surface area (Å²) in [6.45, 7) is 11.6. The van der Waals surface area contributed by atoms with Crippen molar-refractivity contribution in [3.8, 4) is 22.6 Å². The largest absolute Gasteiger partial charge is 0.496 e. The minimum atomic E-state index is -0.431. The molecule has 1 saturated carbocycles. The van der Waals surface area contributed by atoms with Crippen LogP contribution in [0.2, 0.25) is 0 Å². The first-order chi connectivity index (χ1) is 18.1. The number of ether oxygens (including phenoxy) is 3. The molecule has 2 unspecified atom stereocenters. The molecule has 6 nitrogen and oxygen atoms in total. The van der Waals surface area contributed by atoms with Crippen LogP contribution in [0.25, 0.3) is 22.1 Å². The highest BCUT2D eigenvalue weighted by molar-refractivity contribution is 5.87. The third-order valence-corrected chi connectivity index (χ3v) is 7.56. The maximum atomic E-state index is 13.0. The summed E-state index contributed by atoms with van der Waals surface area (Å²) in [7, 11) is 1.62. The van der Waals surface area contributed by atoms with Gasteiger partial charge in [-0.15, -0.1) is 0 Å². The minimum absolute atomic E-state index is 0.158. The summed E-state index contributed by atoms with van der Waals surface area (Å²) in [6.07, 6.45) is 5.50. The van der Waals surface area contributed by atoms with Gasteiger partial charge in [0, 0.05) is 28.0 Å². The van der Waals surface area contributed by atoms with Crippen molar-refractivity contribution in [2.24, 2.45) is 5.41 Å². The number of hydrogen-bond acceptors (Lipinski definition) is 6. The Morgan fingerprint density at radius 1 is 1.05 bits per heavy atom. The van der Waals surface area contributed by atoms with E-state index in [1.807, 2.05) is 44.2 Å². The van der Waals surface area contributed by atoms with Gasteiger partial charge in [0.05, 0.1) is 12.7 Å². The number of methoxy groups -OCH3 is 1. The molecule has 1 aliphatic carbocycles. The molecule has 38 heavy (non-hydrogen) atoms. The number of hydrogen-bond donors (Lipinski definition) is 0. The molecule has 0 amide bonds. The van der Waals surface area contributed by atoms with E-state index in [9.17, 15) is 9.59 Å². The topological polar surface area (TPSA) is 75.0 Å². The highest BCUT2D eigenvalue weighted by Crippen LogP contribution is 2.42. The molecule has 0 N–H and O–H groups in total. The molecule has 6 heteroatoms. The Morgan fingerprint density at radius 3 is 2.53 bits per heavy atom. The van der Waals surface area contributed by atoms with Gasteiger partial charge < -0.3 is 18.6 Å². The van der Waals surface area contributed by atoms with E-state index >= 15 is 0 Å². The van der Waals surface area contributed by atoms with Crippen LogP contribution in [-0.4, -0.2) is 25.3 Å².